The Kier molecular flexibility index (Phi) is 11.1. The fourth-order valence-electron chi connectivity index (χ4n) is 0.863. The third kappa shape index (κ3) is 24.5. The number of anilines is 1. The number of halogens is 2. The molecule has 0 saturated carbocycles. The first-order valence-corrected chi connectivity index (χ1v) is 10.1. The number of hydrogen-bond acceptors (Lipinski definition) is 7. The first kappa shape index (κ1) is 27.8. The summed E-state index contributed by atoms with van der Waals surface area (Å²) in [5.74, 6) is -0.158. The van der Waals surface area contributed by atoms with Crippen LogP contribution in [0.2, 0.25) is 0 Å². The molecular formula is C5H12F2N5O12P3. The summed E-state index contributed by atoms with van der Waals surface area (Å²) in [5.41, 5.74) is 5.23. The Morgan fingerprint density at radius 1 is 0.741 bits per heavy atom. The largest absolute Gasteiger partial charge is 0.466 e. The normalized spacial score (nSPS) is 11.4. The van der Waals surface area contributed by atoms with Crippen molar-refractivity contribution in [2.45, 2.75) is 0 Å². The van der Waals surface area contributed by atoms with Crippen LogP contribution in [-0.2, 0) is 13.7 Å². The molecule has 0 aliphatic carbocycles. The lowest BCUT2D eigenvalue weighted by molar-refractivity contribution is 0.272. The van der Waals surface area contributed by atoms with E-state index in [9.17, 15) is 8.78 Å². The van der Waals surface area contributed by atoms with Gasteiger partial charge in [0, 0.05) is 0 Å². The molecule has 0 aliphatic heterocycles. The van der Waals surface area contributed by atoms with Gasteiger partial charge in [0.2, 0.25) is 0 Å². The fraction of sp³-hybridized carbons (Fsp3) is 0. The lowest BCUT2D eigenvalue weighted by Crippen LogP contribution is -1.97. The van der Waals surface area contributed by atoms with Gasteiger partial charge in [0.1, 0.15) is 5.52 Å². The van der Waals surface area contributed by atoms with Crippen LogP contribution in [0.1, 0.15) is 0 Å². The SMILES string of the molecule is Nc1nc(F)nc2nc(F)[nH]c12.O=P(O)(O)O.O=P(O)(O)O.O=P(O)(O)O. The van der Waals surface area contributed by atoms with Crippen molar-refractivity contribution in [1.82, 2.24) is 19.9 Å². The highest BCUT2D eigenvalue weighted by molar-refractivity contribution is 7.45. The molecule has 0 amide bonds. The number of nitrogens with one attached hydrogen (secondary N) is 1. The highest BCUT2D eigenvalue weighted by atomic mass is 31.2. The summed E-state index contributed by atoms with van der Waals surface area (Å²) in [6.45, 7) is 0. The van der Waals surface area contributed by atoms with Crippen molar-refractivity contribution in [3.63, 3.8) is 0 Å². The van der Waals surface area contributed by atoms with Crippen LogP contribution in [0, 0.1) is 12.2 Å². The first-order valence-electron chi connectivity index (χ1n) is 5.36. The lowest BCUT2D eigenvalue weighted by Gasteiger charge is -1.91. The number of aromatic amines is 1. The molecule has 0 aliphatic rings. The van der Waals surface area contributed by atoms with Crippen molar-refractivity contribution in [2.75, 3.05) is 5.73 Å². The number of imidazole rings is 1. The minimum Gasteiger partial charge on any atom is -0.382 e. The van der Waals surface area contributed by atoms with Gasteiger partial charge in [-0.25, -0.2) is 13.7 Å². The zero-order chi connectivity index (χ0) is 22.2. The maximum Gasteiger partial charge on any atom is 0.466 e. The van der Waals surface area contributed by atoms with Crippen molar-refractivity contribution in [2.24, 2.45) is 0 Å². The van der Waals surface area contributed by atoms with Crippen molar-refractivity contribution in [1.29, 1.82) is 0 Å². The van der Waals surface area contributed by atoms with Crippen LogP contribution >= 0.6 is 23.5 Å². The van der Waals surface area contributed by atoms with E-state index in [0.717, 1.165) is 0 Å². The Hall–Kier alpha value is -1.46. The standard InChI is InChI=1S/C5H3F2N5.3H3O4P/c6-4-9-1-2(8)10-5(7)12-3(1)11-4;3*1-5(2,3)4/h(H3,8,9,10,11,12);3*(H3,1,2,3,4). The van der Waals surface area contributed by atoms with Crippen LogP contribution in [0.25, 0.3) is 11.2 Å². The summed E-state index contributed by atoms with van der Waals surface area (Å²) in [4.78, 5) is 76.5. The van der Waals surface area contributed by atoms with Gasteiger partial charge in [0.15, 0.2) is 11.5 Å². The Bertz CT molecular complexity index is 801. The predicted octanol–water partition coefficient (Wildman–Crippen LogP) is -2.57. The number of nitrogens with two attached hydrogens (primary N) is 1. The molecule has 17 nitrogen and oxygen atoms in total. The Morgan fingerprint density at radius 2 is 1.07 bits per heavy atom. The molecule has 0 bridgehead atoms. The summed E-state index contributed by atoms with van der Waals surface area (Å²) in [6.07, 6.45) is -1.89. The Morgan fingerprint density at radius 3 is 1.41 bits per heavy atom. The minimum atomic E-state index is -4.64. The molecule has 0 fully saturated rings. The number of nitrogens with zero attached hydrogens (tertiary/aromatic N) is 3. The molecule has 2 heterocycles. The van der Waals surface area contributed by atoms with E-state index >= 15 is 0 Å². The van der Waals surface area contributed by atoms with E-state index < -0.39 is 35.6 Å². The van der Waals surface area contributed by atoms with Gasteiger partial charge < -0.3 is 54.8 Å². The van der Waals surface area contributed by atoms with E-state index in [1.54, 1.807) is 0 Å². The quantitative estimate of drug-likeness (QED) is 0.108. The second-order valence-corrected chi connectivity index (χ2v) is 6.72. The molecule has 2 rings (SSSR count). The van der Waals surface area contributed by atoms with E-state index in [1.807, 2.05) is 0 Å². The lowest BCUT2D eigenvalue weighted by atomic mass is 10.5. The number of fused-ring (bicyclic) bond motifs is 1. The van der Waals surface area contributed by atoms with Crippen LogP contribution in [-0.4, -0.2) is 64.0 Å². The third-order valence-electron chi connectivity index (χ3n) is 1.32. The molecule has 27 heavy (non-hydrogen) atoms. The van der Waals surface area contributed by atoms with Crippen molar-refractivity contribution >= 4 is 40.4 Å². The molecular weight excluding hydrogens is 453 g/mol. The summed E-state index contributed by atoms with van der Waals surface area (Å²) in [7, 11) is -13.9. The predicted molar refractivity (Wildman–Crippen MR) is 78.8 cm³/mol. The molecule has 0 radical (unpaired) electrons. The minimum absolute atomic E-state index is 0.105. The van der Waals surface area contributed by atoms with Crippen LogP contribution in [0.5, 0.6) is 0 Å². The van der Waals surface area contributed by atoms with Crippen molar-refractivity contribution < 1.29 is 66.5 Å². The molecule has 158 valence electrons. The second-order valence-electron chi connectivity index (χ2n) is 3.64. The van der Waals surface area contributed by atoms with E-state index in [2.05, 4.69) is 19.9 Å². The van der Waals surface area contributed by atoms with Crippen LogP contribution in [0.15, 0.2) is 0 Å². The first-order chi connectivity index (χ1) is 11.7. The van der Waals surface area contributed by atoms with Gasteiger partial charge in [-0.2, -0.15) is 23.7 Å². The Labute approximate surface area is 145 Å². The number of H-pyrrole nitrogens is 1. The zero-order valence-corrected chi connectivity index (χ0v) is 14.9. The van der Waals surface area contributed by atoms with Crippen LogP contribution in [0.3, 0.4) is 0 Å². The van der Waals surface area contributed by atoms with Crippen LogP contribution < -0.4 is 5.73 Å². The molecule has 2 aromatic heterocycles. The molecule has 12 N–H and O–H groups in total. The molecule has 0 saturated heterocycles. The highest BCUT2D eigenvalue weighted by Crippen LogP contribution is 2.26. The molecule has 0 unspecified atom stereocenters. The highest BCUT2D eigenvalue weighted by Gasteiger charge is 2.09. The van der Waals surface area contributed by atoms with Gasteiger partial charge in [-0.1, -0.05) is 0 Å². The van der Waals surface area contributed by atoms with Gasteiger partial charge in [-0.3, -0.25) is 0 Å². The van der Waals surface area contributed by atoms with E-state index in [-0.39, 0.29) is 17.0 Å². The number of aromatic nitrogens is 4. The van der Waals surface area contributed by atoms with Crippen molar-refractivity contribution in [3.8, 4) is 0 Å². The average Bonchev–Trinajstić information content (AvgIpc) is 2.62. The van der Waals surface area contributed by atoms with Crippen LogP contribution in [0.4, 0.5) is 14.6 Å². The van der Waals surface area contributed by atoms with Gasteiger partial charge in [0.05, 0.1) is 0 Å². The maximum absolute atomic E-state index is 12.4. The van der Waals surface area contributed by atoms with E-state index in [0.29, 0.717) is 0 Å². The molecule has 0 atom stereocenters. The summed E-state index contributed by atoms with van der Waals surface area (Å²) in [6, 6.07) is 0. The van der Waals surface area contributed by atoms with Gasteiger partial charge in [-0.05, 0) is 0 Å². The second kappa shape index (κ2) is 10.8. The number of rotatable bonds is 0. The number of nitrogen functional groups attached to an aromatic ring is 1. The molecule has 0 aromatic carbocycles. The summed E-state index contributed by atoms with van der Waals surface area (Å²) < 4.78 is 51.5. The molecule has 2 aromatic rings. The molecule has 22 heteroatoms. The summed E-state index contributed by atoms with van der Waals surface area (Å²) >= 11 is 0. The zero-order valence-electron chi connectivity index (χ0n) is 12.3. The maximum atomic E-state index is 12.4. The fourth-order valence-corrected chi connectivity index (χ4v) is 0.863. The van der Waals surface area contributed by atoms with Gasteiger partial charge in [0.25, 0.3) is 6.08 Å². The van der Waals surface area contributed by atoms with E-state index in [1.165, 1.54) is 0 Å². The topological polar surface area (TPSA) is 314 Å². The smallest absolute Gasteiger partial charge is 0.382 e. The third-order valence-corrected chi connectivity index (χ3v) is 1.32. The monoisotopic (exact) mass is 465 g/mol. The van der Waals surface area contributed by atoms with Crippen molar-refractivity contribution in [3.05, 3.63) is 12.2 Å². The van der Waals surface area contributed by atoms with E-state index in [4.69, 9.17) is 63.5 Å². The van der Waals surface area contributed by atoms with Gasteiger partial charge in [-0.15, -0.1) is 0 Å². The van der Waals surface area contributed by atoms with Gasteiger partial charge >= 0.3 is 29.5 Å². The number of phosphoric acid groups is 3. The summed E-state index contributed by atoms with van der Waals surface area (Å²) in [5, 5.41) is 0. The molecule has 0 spiro atoms. The average molecular weight is 465 g/mol. The Balaban J connectivity index is 0. The number of hydrogen-bond donors (Lipinski definition) is 11.